The maximum absolute atomic E-state index is 12.8. The van der Waals surface area contributed by atoms with Crippen LogP contribution >= 0.6 is 31.9 Å². The minimum atomic E-state index is -0.444. The van der Waals surface area contributed by atoms with Crippen LogP contribution in [0.3, 0.4) is 0 Å². The van der Waals surface area contributed by atoms with Gasteiger partial charge in [-0.2, -0.15) is 0 Å². The molecule has 1 atom stereocenters. The highest BCUT2D eigenvalue weighted by Crippen LogP contribution is 2.38. The Labute approximate surface area is 198 Å². The third-order valence-electron chi connectivity index (χ3n) is 4.75. The lowest BCUT2D eigenvalue weighted by molar-refractivity contribution is -0.123. The third-order valence-corrected chi connectivity index (χ3v) is 5.87. The van der Waals surface area contributed by atoms with Gasteiger partial charge in [-0.25, -0.2) is 4.79 Å². The van der Waals surface area contributed by atoms with Crippen LogP contribution in [-0.4, -0.2) is 29.5 Å². The summed E-state index contributed by atoms with van der Waals surface area (Å²) in [7, 11) is 0. The Morgan fingerprint density at radius 1 is 1.13 bits per heavy atom. The number of imide groups is 1. The van der Waals surface area contributed by atoms with Crippen LogP contribution < -0.4 is 14.8 Å². The van der Waals surface area contributed by atoms with Crippen LogP contribution in [0.5, 0.6) is 11.5 Å². The van der Waals surface area contributed by atoms with Crippen molar-refractivity contribution >= 4 is 49.9 Å². The fourth-order valence-corrected chi connectivity index (χ4v) is 3.80. The van der Waals surface area contributed by atoms with E-state index in [0.29, 0.717) is 28.1 Å². The molecule has 3 rings (SSSR count). The van der Waals surface area contributed by atoms with Gasteiger partial charge < -0.3 is 14.8 Å². The van der Waals surface area contributed by atoms with Gasteiger partial charge in [0.2, 0.25) is 0 Å². The van der Waals surface area contributed by atoms with Crippen molar-refractivity contribution < 1.29 is 19.1 Å². The molecule has 0 aliphatic carbocycles. The number of hydrogen-bond acceptors (Lipinski definition) is 4. The third kappa shape index (κ3) is 5.68. The Hall–Kier alpha value is -2.32. The average Bonchev–Trinajstić information content (AvgIpc) is 2.99. The van der Waals surface area contributed by atoms with E-state index in [1.54, 1.807) is 12.1 Å². The Morgan fingerprint density at radius 3 is 2.48 bits per heavy atom. The highest BCUT2D eigenvalue weighted by atomic mass is 79.9. The molecule has 0 aromatic heterocycles. The van der Waals surface area contributed by atoms with E-state index in [9.17, 15) is 9.59 Å². The van der Waals surface area contributed by atoms with E-state index >= 15 is 0 Å². The Balaban J connectivity index is 1.86. The van der Waals surface area contributed by atoms with Gasteiger partial charge in [0.1, 0.15) is 5.70 Å². The summed E-state index contributed by atoms with van der Waals surface area (Å²) < 4.78 is 13.4. The second-order valence-electron chi connectivity index (χ2n) is 7.11. The molecule has 3 amide bonds. The molecule has 0 bridgehead atoms. The largest absolute Gasteiger partial charge is 0.490 e. The summed E-state index contributed by atoms with van der Waals surface area (Å²) >= 11 is 6.92. The van der Waals surface area contributed by atoms with Gasteiger partial charge >= 0.3 is 6.03 Å². The van der Waals surface area contributed by atoms with Gasteiger partial charge in [0.25, 0.3) is 5.91 Å². The Bertz CT molecular complexity index is 1010. The number of halogens is 2. The number of urea groups is 1. The SMILES string of the molecule is CCOc1cc(/C=C2/NC(=O)N(Cc3ccc(Br)cc3)C2=O)cc(Br)c1O[C@H](C)CC. The Morgan fingerprint density at radius 2 is 1.84 bits per heavy atom. The van der Waals surface area contributed by atoms with Crippen LogP contribution in [0.2, 0.25) is 0 Å². The minimum Gasteiger partial charge on any atom is -0.490 e. The number of nitrogens with one attached hydrogen (secondary N) is 1. The van der Waals surface area contributed by atoms with E-state index in [1.807, 2.05) is 51.1 Å². The van der Waals surface area contributed by atoms with Gasteiger partial charge in [0.05, 0.1) is 23.7 Å². The van der Waals surface area contributed by atoms with Gasteiger partial charge in [-0.3, -0.25) is 9.69 Å². The molecule has 0 radical (unpaired) electrons. The standard InChI is InChI=1S/C23H24Br2N2O4/c1-4-14(3)31-21-18(25)10-16(12-20(21)30-5-2)11-19-22(28)27(23(29)26-19)13-15-6-8-17(24)9-7-15/h6-12,14H,4-5,13H2,1-3H3,(H,26,29)/b19-11+/t14-/m1/s1. The van der Waals surface area contributed by atoms with Crippen LogP contribution in [0, 0.1) is 0 Å². The summed E-state index contributed by atoms with van der Waals surface area (Å²) in [6, 6.07) is 10.7. The van der Waals surface area contributed by atoms with Gasteiger partial charge in [-0.05, 0) is 77.7 Å². The molecule has 1 aliphatic rings. The van der Waals surface area contributed by atoms with Crippen molar-refractivity contribution in [3.63, 3.8) is 0 Å². The highest BCUT2D eigenvalue weighted by Gasteiger charge is 2.33. The molecule has 31 heavy (non-hydrogen) atoms. The van der Waals surface area contributed by atoms with Crippen LogP contribution in [0.15, 0.2) is 51.0 Å². The average molecular weight is 552 g/mol. The summed E-state index contributed by atoms with van der Waals surface area (Å²) in [5, 5.41) is 2.66. The van der Waals surface area contributed by atoms with Crippen LogP contribution in [0.4, 0.5) is 4.79 Å². The molecule has 1 heterocycles. The van der Waals surface area contributed by atoms with Gasteiger partial charge in [0.15, 0.2) is 11.5 Å². The van der Waals surface area contributed by atoms with Crippen molar-refractivity contribution in [3.05, 3.63) is 62.2 Å². The molecule has 6 nitrogen and oxygen atoms in total. The van der Waals surface area contributed by atoms with Gasteiger partial charge in [-0.1, -0.05) is 35.0 Å². The second kappa shape index (κ2) is 10.3. The monoisotopic (exact) mass is 550 g/mol. The van der Waals surface area contributed by atoms with E-state index in [0.717, 1.165) is 16.5 Å². The summed E-state index contributed by atoms with van der Waals surface area (Å²) in [5.74, 6) is 0.825. The van der Waals surface area contributed by atoms with Gasteiger partial charge in [0, 0.05) is 4.47 Å². The molecule has 0 spiro atoms. The number of rotatable bonds is 8. The molecule has 1 N–H and O–H groups in total. The maximum atomic E-state index is 12.8. The van der Waals surface area contributed by atoms with Crippen LogP contribution in [0.25, 0.3) is 6.08 Å². The number of hydrogen-bond donors (Lipinski definition) is 1. The molecule has 1 saturated heterocycles. The zero-order valence-corrected chi connectivity index (χ0v) is 20.7. The number of nitrogens with zero attached hydrogens (tertiary/aromatic N) is 1. The zero-order valence-electron chi connectivity index (χ0n) is 17.6. The second-order valence-corrected chi connectivity index (χ2v) is 8.88. The minimum absolute atomic E-state index is 0.0302. The first-order valence-corrected chi connectivity index (χ1v) is 11.6. The number of benzene rings is 2. The van der Waals surface area contributed by atoms with E-state index in [-0.39, 0.29) is 24.3 Å². The fraction of sp³-hybridized carbons (Fsp3) is 0.304. The van der Waals surface area contributed by atoms with E-state index < -0.39 is 6.03 Å². The van der Waals surface area contributed by atoms with Crippen molar-refractivity contribution in [2.24, 2.45) is 0 Å². The van der Waals surface area contributed by atoms with E-state index in [4.69, 9.17) is 9.47 Å². The van der Waals surface area contributed by atoms with Crippen molar-refractivity contribution in [1.82, 2.24) is 10.2 Å². The predicted octanol–water partition coefficient (Wildman–Crippen LogP) is 5.88. The first kappa shape index (κ1) is 23.3. The number of carbonyl (C=O) groups is 2. The van der Waals surface area contributed by atoms with Crippen molar-refractivity contribution in [3.8, 4) is 11.5 Å². The molecule has 0 saturated carbocycles. The zero-order chi connectivity index (χ0) is 22.5. The normalized spacial score (nSPS) is 15.9. The fourth-order valence-electron chi connectivity index (χ4n) is 2.99. The van der Waals surface area contributed by atoms with E-state index in [2.05, 4.69) is 37.2 Å². The molecule has 1 fully saturated rings. The lowest BCUT2D eigenvalue weighted by Gasteiger charge is -2.18. The summed E-state index contributed by atoms with van der Waals surface area (Å²) in [4.78, 5) is 26.4. The van der Waals surface area contributed by atoms with Crippen LogP contribution in [0.1, 0.15) is 38.3 Å². The molecule has 2 aromatic carbocycles. The topological polar surface area (TPSA) is 67.9 Å². The Kier molecular flexibility index (Phi) is 7.78. The van der Waals surface area contributed by atoms with Crippen molar-refractivity contribution in [2.45, 2.75) is 39.8 Å². The van der Waals surface area contributed by atoms with E-state index in [1.165, 1.54) is 4.90 Å². The first-order valence-electron chi connectivity index (χ1n) is 10.0. The smallest absolute Gasteiger partial charge is 0.329 e. The van der Waals surface area contributed by atoms with Crippen molar-refractivity contribution in [1.29, 1.82) is 0 Å². The molecule has 0 unspecified atom stereocenters. The number of carbonyl (C=O) groups excluding carboxylic acids is 2. The number of ether oxygens (including phenoxy) is 2. The van der Waals surface area contributed by atoms with Gasteiger partial charge in [-0.15, -0.1) is 0 Å². The predicted molar refractivity (Wildman–Crippen MR) is 127 cm³/mol. The number of amides is 3. The molecular formula is C23H24Br2N2O4. The highest BCUT2D eigenvalue weighted by molar-refractivity contribution is 9.10. The summed E-state index contributed by atoms with van der Waals surface area (Å²) in [5.41, 5.74) is 1.79. The summed E-state index contributed by atoms with van der Waals surface area (Å²) in [6.45, 7) is 6.61. The lowest BCUT2D eigenvalue weighted by Crippen LogP contribution is -2.30. The quantitative estimate of drug-likeness (QED) is 0.328. The molecule has 1 aliphatic heterocycles. The molecular weight excluding hydrogens is 528 g/mol. The molecule has 164 valence electrons. The summed E-state index contributed by atoms with van der Waals surface area (Å²) in [6.07, 6.45) is 2.53. The molecule has 8 heteroatoms. The molecule has 2 aromatic rings. The lowest BCUT2D eigenvalue weighted by atomic mass is 10.1. The van der Waals surface area contributed by atoms with Crippen LogP contribution in [-0.2, 0) is 11.3 Å². The maximum Gasteiger partial charge on any atom is 0.329 e. The van der Waals surface area contributed by atoms with Crippen molar-refractivity contribution in [2.75, 3.05) is 6.61 Å². The first-order chi connectivity index (χ1) is 14.8.